The van der Waals surface area contributed by atoms with E-state index in [-0.39, 0.29) is 0 Å². The van der Waals surface area contributed by atoms with Crippen LogP contribution in [0.25, 0.3) is 0 Å². The molecule has 0 bridgehead atoms. The van der Waals surface area contributed by atoms with E-state index in [1.807, 2.05) is 0 Å². The van der Waals surface area contributed by atoms with Gasteiger partial charge in [0.15, 0.2) is 0 Å². The third kappa shape index (κ3) is 3.72. The molecule has 2 saturated heterocycles. The van der Waals surface area contributed by atoms with Crippen LogP contribution >= 0.6 is 0 Å². The van der Waals surface area contributed by atoms with Gasteiger partial charge in [-0.15, -0.1) is 0 Å². The number of hydrogen-bond acceptors (Lipinski definition) is 1. The summed E-state index contributed by atoms with van der Waals surface area (Å²) < 4.78 is 4.50. The Hall–Kier alpha value is 0.177. The Morgan fingerprint density at radius 2 is 1.75 bits per heavy atom. The molecule has 2 rings (SSSR count). The molecule has 0 aromatic carbocycles. The molecule has 0 aliphatic carbocycles. The van der Waals surface area contributed by atoms with Crippen molar-refractivity contribution >= 4 is 8.07 Å². The summed E-state index contributed by atoms with van der Waals surface area (Å²) in [6, 6.07) is 1.58. The Labute approximate surface area is 77.5 Å². The average Bonchev–Trinajstić information content (AvgIpc) is 2.80. The highest BCUT2D eigenvalue weighted by Gasteiger charge is 2.30. The van der Waals surface area contributed by atoms with Crippen LogP contribution in [0.1, 0.15) is 26.2 Å². The first-order chi connectivity index (χ1) is 5.63. The molecular weight excluding hydrogens is 164 g/mol. The molecule has 2 aliphatic rings. The average molecular weight is 186 g/mol. The van der Waals surface area contributed by atoms with Crippen LogP contribution in [-0.2, 0) is 4.74 Å². The number of ether oxygens (including phenoxy) is 1. The third-order valence-electron chi connectivity index (χ3n) is 3.25. The molecule has 12 heavy (non-hydrogen) atoms. The van der Waals surface area contributed by atoms with E-state index in [0.29, 0.717) is 0 Å². The van der Waals surface area contributed by atoms with E-state index < -0.39 is 8.07 Å². The quantitative estimate of drug-likeness (QED) is 0.418. The van der Waals surface area contributed by atoms with Crippen molar-refractivity contribution in [3.05, 3.63) is 0 Å². The van der Waals surface area contributed by atoms with Crippen LogP contribution in [0.5, 0.6) is 0 Å². The summed E-state index contributed by atoms with van der Waals surface area (Å²) in [6.45, 7) is 9.53. The third-order valence-corrected chi connectivity index (χ3v) is 7.85. The van der Waals surface area contributed by atoms with Crippen molar-refractivity contribution < 1.29 is 4.74 Å². The molecule has 0 aromatic heterocycles. The van der Waals surface area contributed by atoms with Gasteiger partial charge in [0.05, 0.1) is 21.3 Å². The van der Waals surface area contributed by atoms with Crippen molar-refractivity contribution in [1.29, 1.82) is 0 Å². The van der Waals surface area contributed by atoms with E-state index in [0.717, 1.165) is 18.8 Å². The van der Waals surface area contributed by atoms with Gasteiger partial charge in [0.25, 0.3) is 0 Å². The topological polar surface area (TPSA) is 12.5 Å². The van der Waals surface area contributed by atoms with Crippen molar-refractivity contribution in [2.75, 3.05) is 13.2 Å². The van der Waals surface area contributed by atoms with Crippen LogP contribution in [0, 0.1) is 0 Å². The van der Waals surface area contributed by atoms with Gasteiger partial charge in [-0.05, 0) is 5.54 Å². The van der Waals surface area contributed by atoms with E-state index in [4.69, 9.17) is 0 Å². The van der Waals surface area contributed by atoms with Crippen molar-refractivity contribution in [2.24, 2.45) is 0 Å². The van der Waals surface area contributed by atoms with Gasteiger partial charge < -0.3 is 4.74 Å². The second-order valence-electron chi connectivity index (χ2n) is 4.75. The van der Waals surface area contributed by atoms with Gasteiger partial charge >= 0.3 is 0 Å². The predicted molar refractivity (Wildman–Crippen MR) is 56.4 cm³/mol. The zero-order chi connectivity index (χ0) is 9.03. The van der Waals surface area contributed by atoms with Crippen LogP contribution in [0.3, 0.4) is 0 Å². The minimum absolute atomic E-state index is 0.694. The number of hydrogen-bond donors (Lipinski definition) is 0. The molecule has 0 saturated carbocycles. The molecule has 2 heteroatoms. The van der Waals surface area contributed by atoms with E-state index in [1.54, 1.807) is 6.04 Å². The normalized spacial score (nSPS) is 31.8. The van der Waals surface area contributed by atoms with Gasteiger partial charge in [-0.1, -0.05) is 45.3 Å². The number of rotatable bonds is 0. The SMILES string of the molecule is C1CO1.CC1CCCC[Si]1(C)C. The summed E-state index contributed by atoms with van der Waals surface area (Å²) in [5.74, 6) is 0. The first kappa shape index (κ1) is 10.3. The Kier molecular flexibility index (Phi) is 3.78. The summed E-state index contributed by atoms with van der Waals surface area (Å²) in [5, 5.41) is 0. The van der Waals surface area contributed by atoms with E-state index >= 15 is 0 Å². The van der Waals surface area contributed by atoms with Gasteiger partial charge in [0.2, 0.25) is 0 Å². The van der Waals surface area contributed by atoms with E-state index in [1.165, 1.54) is 19.3 Å². The molecule has 0 spiro atoms. The lowest BCUT2D eigenvalue weighted by Gasteiger charge is -2.34. The Morgan fingerprint density at radius 3 is 2.00 bits per heavy atom. The fraction of sp³-hybridized carbons (Fsp3) is 1.00. The van der Waals surface area contributed by atoms with Gasteiger partial charge in [-0.25, -0.2) is 0 Å². The van der Waals surface area contributed by atoms with Crippen molar-refractivity contribution in [3.63, 3.8) is 0 Å². The lowest BCUT2D eigenvalue weighted by Crippen LogP contribution is -2.33. The van der Waals surface area contributed by atoms with Gasteiger partial charge in [-0.3, -0.25) is 0 Å². The Bertz CT molecular complexity index is 129. The molecule has 0 amide bonds. The highest BCUT2D eigenvalue weighted by atomic mass is 28.3. The molecule has 2 fully saturated rings. The maximum atomic E-state index is 4.50. The molecule has 2 heterocycles. The zero-order valence-corrected chi connectivity index (χ0v) is 9.73. The fourth-order valence-corrected chi connectivity index (χ4v) is 4.31. The maximum absolute atomic E-state index is 4.50. The predicted octanol–water partition coefficient (Wildman–Crippen LogP) is 3.29. The molecule has 2 aliphatic heterocycles. The second kappa shape index (κ2) is 4.42. The molecule has 0 radical (unpaired) electrons. The summed E-state index contributed by atoms with van der Waals surface area (Å²) >= 11 is 0. The van der Waals surface area contributed by atoms with E-state index in [9.17, 15) is 0 Å². The minimum Gasteiger partial charge on any atom is -0.377 e. The summed E-state index contributed by atoms with van der Waals surface area (Å²) in [4.78, 5) is 0. The molecular formula is C10H22OSi. The molecule has 1 atom stereocenters. The maximum Gasteiger partial charge on any atom is 0.0701 e. The van der Waals surface area contributed by atoms with Gasteiger partial charge in [0.1, 0.15) is 0 Å². The minimum atomic E-state index is -0.694. The Morgan fingerprint density at radius 1 is 1.17 bits per heavy atom. The lowest BCUT2D eigenvalue weighted by atomic mass is 10.2. The number of epoxide rings is 1. The first-order valence-corrected chi connectivity index (χ1v) is 8.49. The highest BCUT2D eigenvalue weighted by Crippen LogP contribution is 2.36. The van der Waals surface area contributed by atoms with Crippen molar-refractivity contribution in [3.8, 4) is 0 Å². The van der Waals surface area contributed by atoms with E-state index in [2.05, 4.69) is 24.8 Å². The fourth-order valence-electron chi connectivity index (χ4n) is 1.67. The van der Waals surface area contributed by atoms with Crippen molar-refractivity contribution in [1.82, 2.24) is 0 Å². The second-order valence-corrected chi connectivity index (χ2v) is 10.2. The molecule has 0 aromatic rings. The van der Waals surface area contributed by atoms with Crippen LogP contribution in [0.15, 0.2) is 0 Å². The van der Waals surface area contributed by atoms with Crippen LogP contribution < -0.4 is 0 Å². The van der Waals surface area contributed by atoms with Crippen LogP contribution in [0.2, 0.25) is 24.7 Å². The summed E-state index contributed by atoms with van der Waals surface area (Å²) in [5.41, 5.74) is 1.09. The monoisotopic (exact) mass is 186 g/mol. The highest BCUT2D eigenvalue weighted by molar-refractivity contribution is 6.78. The Balaban J connectivity index is 0.000000200. The smallest absolute Gasteiger partial charge is 0.0701 e. The molecule has 1 unspecified atom stereocenters. The molecule has 0 N–H and O–H groups in total. The first-order valence-electron chi connectivity index (χ1n) is 5.21. The molecule has 1 nitrogen and oxygen atoms in total. The van der Waals surface area contributed by atoms with Gasteiger partial charge in [0, 0.05) is 0 Å². The van der Waals surface area contributed by atoms with Crippen LogP contribution in [0.4, 0.5) is 0 Å². The molecule has 72 valence electrons. The summed E-state index contributed by atoms with van der Waals surface area (Å²) in [6.07, 6.45) is 4.53. The zero-order valence-electron chi connectivity index (χ0n) is 8.73. The van der Waals surface area contributed by atoms with Gasteiger partial charge in [-0.2, -0.15) is 0 Å². The standard InChI is InChI=1S/C8H18Si.C2H4O/c1-8-6-4-5-7-9(8,2)3;1-2-3-1/h8H,4-7H2,1-3H3;1-2H2. The lowest BCUT2D eigenvalue weighted by molar-refractivity contribution is 0.475. The van der Waals surface area contributed by atoms with Crippen molar-refractivity contribution in [2.45, 2.75) is 50.9 Å². The van der Waals surface area contributed by atoms with Crippen LogP contribution in [-0.4, -0.2) is 21.3 Å². The largest absolute Gasteiger partial charge is 0.377 e. The summed E-state index contributed by atoms with van der Waals surface area (Å²) in [7, 11) is -0.694.